The van der Waals surface area contributed by atoms with E-state index >= 15 is 0 Å². The Labute approximate surface area is 162 Å². The summed E-state index contributed by atoms with van der Waals surface area (Å²) in [6.45, 7) is 8.81. The van der Waals surface area contributed by atoms with E-state index in [2.05, 4.69) is 59.5 Å². The van der Waals surface area contributed by atoms with Crippen molar-refractivity contribution in [2.45, 2.75) is 19.8 Å². The van der Waals surface area contributed by atoms with Gasteiger partial charge in [-0.15, -0.1) is 0 Å². The van der Waals surface area contributed by atoms with Gasteiger partial charge in [0, 0.05) is 43.2 Å². The highest BCUT2D eigenvalue weighted by Crippen LogP contribution is 2.23. The fraction of sp³-hybridized carbons (Fsp3) is 0.409. The van der Waals surface area contributed by atoms with Crippen molar-refractivity contribution < 1.29 is 4.79 Å². The number of para-hydroxylation sites is 1. The van der Waals surface area contributed by atoms with Crippen molar-refractivity contribution >= 4 is 23.0 Å². The maximum atomic E-state index is 12.3. The van der Waals surface area contributed by atoms with Crippen LogP contribution in [-0.4, -0.2) is 50.6 Å². The Morgan fingerprint density at radius 2 is 1.67 bits per heavy atom. The molecule has 2 aromatic rings. The Morgan fingerprint density at radius 1 is 1.00 bits per heavy atom. The van der Waals surface area contributed by atoms with E-state index in [4.69, 9.17) is 0 Å². The maximum Gasteiger partial charge on any atom is 0.243 e. The fourth-order valence-corrected chi connectivity index (χ4v) is 3.35. The molecule has 27 heavy (non-hydrogen) atoms. The van der Waals surface area contributed by atoms with E-state index in [1.54, 1.807) is 0 Å². The van der Waals surface area contributed by atoms with Gasteiger partial charge in [0.25, 0.3) is 0 Å². The Kier molecular flexibility index (Phi) is 6.35. The van der Waals surface area contributed by atoms with Gasteiger partial charge in [-0.3, -0.25) is 4.79 Å². The number of carbonyl (C=O) groups excluding carboxylic acids is 1. The molecule has 0 aromatic heterocycles. The highest BCUT2D eigenvalue weighted by atomic mass is 16.1. The minimum Gasteiger partial charge on any atom is -0.376 e. The summed E-state index contributed by atoms with van der Waals surface area (Å²) in [5.41, 5.74) is 4.25. The van der Waals surface area contributed by atoms with E-state index in [0.29, 0.717) is 5.92 Å². The lowest BCUT2D eigenvalue weighted by atomic mass is 10.0. The SMILES string of the molecule is CC(C)c1ccccc1NC(=O)CNc1ccc(N2CCN(C)CC2)cc1. The summed E-state index contributed by atoms with van der Waals surface area (Å²) in [6.07, 6.45) is 0. The van der Waals surface area contributed by atoms with Crippen LogP contribution in [0.4, 0.5) is 17.1 Å². The van der Waals surface area contributed by atoms with E-state index in [1.165, 1.54) is 5.69 Å². The third-order valence-corrected chi connectivity index (χ3v) is 5.05. The second-order valence-corrected chi connectivity index (χ2v) is 7.48. The van der Waals surface area contributed by atoms with Gasteiger partial charge >= 0.3 is 0 Å². The molecule has 0 saturated carbocycles. The van der Waals surface area contributed by atoms with Crippen LogP contribution in [0.1, 0.15) is 25.3 Å². The molecule has 1 aliphatic rings. The van der Waals surface area contributed by atoms with Crippen LogP contribution in [0.2, 0.25) is 0 Å². The molecular weight excluding hydrogens is 336 g/mol. The molecule has 5 nitrogen and oxygen atoms in total. The largest absolute Gasteiger partial charge is 0.376 e. The van der Waals surface area contributed by atoms with Crippen LogP contribution in [0.3, 0.4) is 0 Å². The average Bonchev–Trinajstić information content (AvgIpc) is 2.68. The van der Waals surface area contributed by atoms with Crippen molar-refractivity contribution in [1.29, 1.82) is 0 Å². The van der Waals surface area contributed by atoms with E-state index in [0.717, 1.165) is 43.1 Å². The average molecular weight is 367 g/mol. The highest BCUT2D eigenvalue weighted by Gasteiger charge is 2.14. The Balaban J connectivity index is 1.52. The van der Waals surface area contributed by atoms with Gasteiger partial charge in [-0.1, -0.05) is 32.0 Å². The van der Waals surface area contributed by atoms with Crippen molar-refractivity contribution in [3.8, 4) is 0 Å². The van der Waals surface area contributed by atoms with Gasteiger partial charge in [0.15, 0.2) is 0 Å². The normalized spacial score (nSPS) is 15.0. The number of rotatable bonds is 6. The van der Waals surface area contributed by atoms with Crippen molar-refractivity contribution in [2.75, 3.05) is 55.3 Å². The highest BCUT2D eigenvalue weighted by molar-refractivity contribution is 5.94. The molecule has 0 aliphatic carbocycles. The molecule has 1 saturated heterocycles. The van der Waals surface area contributed by atoms with Crippen molar-refractivity contribution in [2.24, 2.45) is 0 Å². The van der Waals surface area contributed by atoms with E-state index in [-0.39, 0.29) is 12.5 Å². The molecule has 0 unspecified atom stereocenters. The first kappa shape index (κ1) is 19.2. The second-order valence-electron chi connectivity index (χ2n) is 7.48. The summed E-state index contributed by atoms with van der Waals surface area (Å²) in [5.74, 6) is 0.336. The smallest absolute Gasteiger partial charge is 0.243 e. The second kappa shape index (κ2) is 8.91. The zero-order valence-corrected chi connectivity index (χ0v) is 16.5. The number of benzene rings is 2. The van der Waals surface area contributed by atoms with Gasteiger partial charge in [0.05, 0.1) is 6.54 Å². The number of likely N-dealkylation sites (N-methyl/N-ethyl adjacent to an activating group) is 1. The molecule has 0 bridgehead atoms. The lowest BCUT2D eigenvalue weighted by Crippen LogP contribution is -2.44. The van der Waals surface area contributed by atoms with Crippen molar-refractivity contribution in [3.63, 3.8) is 0 Å². The Hall–Kier alpha value is -2.53. The number of carbonyl (C=O) groups is 1. The van der Waals surface area contributed by atoms with Crippen LogP contribution in [-0.2, 0) is 4.79 Å². The number of piperazine rings is 1. The molecule has 2 aromatic carbocycles. The van der Waals surface area contributed by atoms with Gasteiger partial charge in [0.2, 0.25) is 5.91 Å². The number of nitrogens with one attached hydrogen (secondary N) is 2. The minimum absolute atomic E-state index is 0.0359. The van der Waals surface area contributed by atoms with Crippen LogP contribution in [0.25, 0.3) is 0 Å². The summed E-state index contributed by atoms with van der Waals surface area (Å²) >= 11 is 0. The standard InChI is InChI=1S/C22H30N4O/c1-17(2)20-6-4-5-7-21(20)24-22(27)16-23-18-8-10-19(11-9-18)26-14-12-25(3)13-15-26/h4-11,17,23H,12-16H2,1-3H3,(H,24,27). The topological polar surface area (TPSA) is 47.6 Å². The molecule has 3 rings (SSSR count). The quantitative estimate of drug-likeness (QED) is 0.820. The van der Waals surface area contributed by atoms with Crippen molar-refractivity contribution in [1.82, 2.24) is 4.90 Å². The molecule has 0 spiro atoms. The number of amides is 1. The van der Waals surface area contributed by atoms with Crippen LogP contribution < -0.4 is 15.5 Å². The van der Waals surface area contributed by atoms with Gasteiger partial charge in [0.1, 0.15) is 0 Å². The first-order valence-corrected chi connectivity index (χ1v) is 9.69. The first-order chi connectivity index (χ1) is 13.0. The molecule has 5 heteroatoms. The lowest BCUT2D eigenvalue weighted by molar-refractivity contribution is -0.114. The van der Waals surface area contributed by atoms with Crippen LogP contribution in [0.5, 0.6) is 0 Å². The van der Waals surface area contributed by atoms with Gasteiger partial charge in [-0.25, -0.2) is 0 Å². The lowest BCUT2D eigenvalue weighted by Gasteiger charge is -2.34. The molecule has 1 fully saturated rings. The third kappa shape index (κ3) is 5.23. The number of hydrogen-bond acceptors (Lipinski definition) is 4. The number of anilines is 3. The summed E-state index contributed by atoms with van der Waals surface area (Å²) in [6, 6.07) is 16.3. The first-order valence-electron chi connectivity index (χ1n) is 9.69. The molecule has 0 radical (unpaired) electrons. The molecule has 1 heterocycles. The summed E-state index contributed by atoms with van der Waals surface area (Å²) in [4.78, 5) is 17.1. The molecular formula is C22H30N4O. The van der Waals surface area contributed by atoms with E-state index in [9.17, 15) is 4.79 Å². The monoisotopic (exact) mass is 366 g/mol. The zero-order chi connectivity index (χ0) is 19.2. The van der Waals surface area contributed by atoms with Gasteiger partial charge in [-0.2, -0.15) is 0 Å². The van der Waals surface area contributed by atoms with E-state index in [1.807, 2.05) is 30.3 Å². The summed E-state index contributed by atoms with van der Waals surface area (Å²) in [5, 5.41) is 6.23. The van der Waals surface area contributed by atoms with Crippen LogP contribution in [0.15, 0.2) is 48.5 Å². The molecule has 1 aliphatic heterocycles. The van der Waals surface area contributed by atoms with Crippen molar-refractivity contribution in [3.05, 3.63) is 54.1 Å². The van der Waals surface area contributed by atoms with Crippen LogP contribution in [0, 0.1) is 0 Å². The predicted octanol–water partition coefficient (Wildman–Crippen LogP) is 3.61. The number of nitrogens with zero attached hydrogens (tertiary/aromatic N) is 2. The van der Waals surface area contributed by atoms with Crippen LogP contribution >= 0.6 is 0 Å². The molecule has 1 amide bonds. The van der Waals surface area contributed by atoms with E-state index < -0.39 is 0 Å². The fourth-order valence-electron chi connectivity index (χ4n) is 3.35. The minimum atomic E-state index is -0.0359. The molecule has 144 valence electrons. The van der Waals surface area contributed by atoms with Gasteiger partial charge in [-0.05, 0) is 48.9 Å². The number of hydrogen-bond donors (Lipinski definition) is 2. The molecule has 2 N–H and O–H groups in total. The maximum absolute atomic E-state index is 12.3. The Bertz CT molecular complexity index is 749. The van der Waals surface area contributed by atoms with Gasteiger partial charge < -0.3 is 20.4 Å². The zero-order valence-electron chi connectivity index (χ0n) is 16.5. The summed E-state index contributed by atoms with van der Waals surface area (Å²) < 4.78 is 0. The molecule has 0 atom stereocenters. The predicted molar refractivity (Wildman–Crippen MR) is 114 cm³/mol. The third-order valence-electron chi connectivity index (χ3n) is 5.05. The summed E-state index contributed by atoms with van der Waals surface area (Å²) in [7, 11) is 2.16. The Morgan fingerprint density at radius 3 is 2.33 bits per heavy atom.